The summed E-state index contributed by atoms with van der Waals surface area (Å²) in [6, 6.07) is 0. The monoisotopic (exact) mass is 382 g/mol. The zero-order valence-electron chi connectivity index (χ0n) is 18.9. The van der Waals surface area contributed by atoms with Gasteiger partial charge in [-0.05, 0) is 106 Å². The molecule has 156 valence electrons. The van der Waals surface area contributed by atoms with E-state index in [9.17, 15) is 5.11 Å². The highest BCUT2D eigenvalue weighted by Crippen LogP contribution is 2.66. The Morgan fingerprint density at radius 1 is 1.11 bits per heavy atom. The van der Waals surface area contributed by atoms with Gasteiger partial charge in [-0.1, -0.05) is 55.7 Å². The number of rotatable bonds is 4. The van der Waals surface area contributed by atoms with E-state index in [0.29, 0.717) is 10.8 Å². The van der Waals surface area contributed by atoms with Gasteiger partial charge in [0.25, 0.3) is 0 Å². The second kappa shape index (κ2) is 7.46. The van der Waals surface area contributed by atoms with Gasteiger partial charge in [0, 0.05) is 0 Å². The SMILES string of the molecule is CC(C)=CCCC(C)[C@H]1CC[C@H]2C3=CC=C4C[C@@H](O)CC[C@]4(C)[C@H]3CC[C@]12C. The van der Waals surface area contributed by atoms with Gasteiger partial charge in [-0.15, -0.1) is 0 Å². The summed E-state index contributed by atoms with van der Waals surface area (Å²) in [6.45, 7) is 12.1. The van der Waals surface area contributed by atoms with Gasteiger partial charge >= 0.3 is 0 Å². The van der Waals surface area contributed by atoms with Crippen LogP contribution < -0.4 is 0 Å². The smallest absolute Gasteiger partial charge is 0.0578 e. The molecule has 4 aliphatic rings. The predicted octanol–water partition coefficient (Wildman–Crippen LogP) is 7.23. The second-order valence-corrected chi connectivity index (χ2v) is 11.3. The third-order valence-electron chi connectivity index (χ3n) is 9.48. The molecule has 3 fully saturated rings. The Balaban J connectivity index is 1.55. The van der Waals surface area contributed by atoms with Crippen LogP contribution in [0.4, 0.5) is 0 Å². The molecule has 0 aromatic heterocycles. The predicted molar refractivity (Wildman–Crippen MR) is 119 cm³/mol. The van der Waals surface area contributed by atoms with Crippen molar-refractivity contribution in [1.29, 1.82) is 0 Å². The summed E-state index contributed by atoms with van der Waals surface area (Å²) in [5.41, 5.74) is 5.60. The standard InChI is InChI=1S/C27H42O/c1-18(2)7-6-8-19(3)23-11-12-24-22-10-9-20-17-21(28)13-15-26(20,4)25(22)14-16-27(23,24)5/h7,9-10,19,21,23-25,28H,6,8,11-17H2,1-5H3/t19?,21-,23+,24-,25-,26-,27+/m0/s1. The Morgan fingerprint density at radius 3 is 2.64 bits per heavy atom. The van der Waals surface area contributed by atoms with Crippen molar-refractivity contribution in [2.45, 2.75) is 98.5 Å². The molecule has 4 rings (SSSR count). The van der Waals surface area contributed by atoms with Crippen molar-refractivity contribution in [1.82, 2.24) is 0 Å². The van der Waals surface area contributed by atoms with Gasteiger partial charge in [0.2, 0.25) is 0 Å². The van der Waals surface area contributed by atoms with Crippen LogP contribution in [0.15, 0.2) is 34.9 Å². The van der Waals surface area contributed by atoms with Crippen molar-refractivity contribution in [3.05, 3.63) is 34.9 Å². The molecule has 28 heavy (non-hydrogen) atoms. The molecule has 0 spiro atoms. The fraction of sp³-hybridized carbons (Fsp3) is 0.778. The molecule has 1 nitrogen and oxygen atoms in total. The number of fused-ring (bicyclic) bond motifs is 5. The van der Waals surface area contributed by atoms with E-state index in [0.717, 1.165) is 36.5 Å². The van der Waals surface area contributed by atoms with E-state index in [1.54, 1.807) is 5.57 Å². The average molecular weight is 383 g/mol. The lowest BCUT2D eigenvalue weighted by Crippen LogP contribution is -2.46. The molecule has 4 aliphatic carbocycles. The number of allylic oxidation sites excluding steroid dienone is 5. The summed E-state index contributed by atoms with van der Waals surface area (Å²) in [5, 5.41) is 10.2. The molecule has 0 heterocycles. The van der Waals surface area contributed by atoms with Crippen LogP contribution in [0.1, 0.15) is 92.4 Å². The van der Waals surface area contributed by atoms with E-state index in [-0.39, 0.29) is 6.10 Å². The first-order valence-corrected chi connectivity index (χ1v) is 12.0. The Hall–Kier alpha value is -0.820. The fourth-order valence-electron chi connectivity index (χ4n) is 7.79. The van der Waals surface area contributed by atoms with E-state index >= 15 is 0 Å². The first-order chi connectivity index (χ1) is 13.3. The number of hydrogen-bond donors (Lipinski definition) is 1. The van der Waals surface area contributed by atoms with Crippen LogP contribution >= 0.6 is 0 Å². The van der Waals surface area contributed by atoms with Gasteiger partial charge < -0.3 is 5.11 Å². The van der Waals surface area contributed by atoms with E-state index in [4.69, 9.17) is 0 Å². The van der Waals surface area contributed by atoms with Gasteiger partial charge in [-0.2, -0.15) is 0 Å². The van der Waals surface area contributed by atoms with E-state index in [2.05, 4.69) is 52.8 Å². The number of aliphatic hydroxyl groups excluding tert-OH is 1. The quantitative estimate of drug-likeness (QED) is 0.508. The van der Waals surface area contributed by atoms with Crippen molar-refractivity contribution < 1.29 is 5.11 Å². The Morgan fingerprint density at radius 2 is 1.89 bits per heavy atom. The third-order valence-corrected chi connectivity index (χ3v) is 9.48. The Labute approximate surface area is 173 Å². The van der Waals surface area contributed by atoms with E-state index in [1.165, 1.54) is 56.1 Å². The number of hydrogen-bond acceptors (Lipinski definition) is 1. The lowest BCUT2D eigenvalue weighted by Gasteiger charge is -2.55. The van der Waals surface area contributed by atoms with Crippen LogP contribution in [0.5, 0.6) is 0 Å². The summed E-state index contributed by atoms with van der Waals surface area (Å²) >= 11 is 0. The second-order valence-electron chi connectivity index (χ2n) is 11.3. The van der Waals surface area contributed by atoms with Gasteiger partial charge in [0.1, 0.15) is 0 Å². The van der Waals surface area contributed by atoms with E-state index < -0.39 is 0 Å². The highest BCUT2D eigenvalue weighted by molar-refractivity contribution is 5.38. The van der Waals surface area contributed by atoms with Crippen LogP contribution in [0.3, 0.4) is 0 Å². The molecule has 3 saturated carbocycles. The molecule has 0 bridgehead atoms. The van der Waals surface area contributed by atoms with Crippen LogP contribution in [0.25, 0.3) is 0 Å². The summed E-state index contributed by atoms with van der Waals surface area (Å²) in [5.74, 6) is 3.25. The van der Waals surface area contributed by atoms with Crippen molar-refractivity contribution in [2.75, 3.05) is 0 Å². The lowest BCUT2D eigenvalue weighted by molar-refractivity contribution is 0.0328. The van der Waals surface area contributed by atoms with Crippen LogP contribution in [0.2, 0.25) is 0 Å². The third kappa shape index (κ3) is 3.26. The molecule has 0 amide bonds. The summed E-state index contributed by atoms with van der Waals surface area (Å²) in [7, 11) is 0. The highest BCUT2D eigenvalue weighted by Gasteiger charge is 2.56. The topological polar surface area (TPSA) is 20.2 Å². The minimum Gasteiger partial charge on any atom is -0.393 e. The summed E-state index contributed by atoms with van der Waals surface area (Å²) in [6.07, 6.45) is 18.5. The van der Waals surface area contributed by atoms with Gasteiger partial charge in [0.15, 0.2) is 0 Å². The first-order valence-electron chi connectivity index (χ1n) is 12.0. The number of aliphatic hydroxyl groups is 1. The molecule has 0 aliphatic heterocycles. The van der Waals surface area contributed by atoms with E-state index in [1.807, 2.05) is 0 Å². The maximum atomic E-state index is 10.2. The normalized spacial score (nSPS) is 43.2. The van der Waals surface area contributed by atoms with Gasteiger partial charge in [0.05, 0.1) is 6.10 Å². The molecule has 0 aromatic carbocycles. The zero-order valence-corrected chi connectivity index (χ0v) is 18.9. The maximum Gasteiger partial charge on any atom is 0.0578 e. The molecule has 0 radical (unpaired) electrons. The average Bonchev–Trinajstić information content (AvgIpc) is 2.99. The van der Waals surface area contributed by atoms with Gasteiger partial charge in [-0.25, -0.2) is 0 Å². The fourth-order valence-corrected chi connectivity index (χ4v) is 7.79. The van der Waals surface area contributed by atoms with Crippen LogP contribution in [0, 0.1) is 34.5 Å². The van der Waals surface area contributed by atoms with Crippen molar-refractivity contribution in [3.63, 3.8) is 0 Å². The largest absolute Gasteiger partial charge is 0.393 e. The minimum atomic E-state index is -0.111. The molecular weight excluding hydrogens is 340 g/mol. The lowest BCUT2D eigenvalue weighted by atomic mass is 9.50. The van der Waals surface area contributed by atoms with Crippen molar-refractivity contribution >= 4 is 0 Å². The van der Waals surface area contributed by atoms with Crippen LogP contribution in [-0.2, 0) is 0 Å². The van der Waals surface area contributed by atoms with Crippen molar-refractivity contribution in [2.24, 2.45) is 34.5 Å². The van der Waals surface area contributed by atoms with Gasteiger partial charge in [-0.3, -0.25) is 0 Å². The van der Waals surface area contributed by atoms with Crippen LogP contribution in [-0.4, -0.2) is 11.2 Å². The zero-order chi connectivity index (χ0) is 20.1. The Kier molecular flexibility index (Phi) is 5.45. The van der Waals surface area contributed by atoms with Crippen molar-refractivity contribution in [3.8, 4) is 0 Å². The Bertz CT molecular complexity index is 693. The molecule has 7 atom stereocenters. The maximum absolute atomic E-state index is 10.2. The summed E-state index contributed by atoms with van der Waals surface area (Å²) < 4.78 is 0. The molecule has 1 heteroatoms. The molecule has 1 unspecified atom stereocenters. The molecular formula is C27H42O. The summed E-state index contributed by atoms with van der Waals surface area (Å²) in [4.78, 5) is 0. The molecule has 1 N–H and O–H groups in total. The molecule has 0 aromatic rings. The highest BCUT2D eigenvalue weighted by atomic mass is 16.3. The molecule has 0 saturated heterocycles. The first kappa shape index (κ1) is 20.5. The minimum absolute atomic E-state index is 0.111.